The third kappa shape index (κ3) is 3.82. The Hall–Kier alpha value is -0.406. The first kappa shape index (κ1) is 17.6. The van der Waals surface area contributed by atoms with Crippen LogP contribution in [0, 0.1) is 31.7 Å². The Kier molecular flexibility index (Phi) is 6.67. The Bertz CT molecular complexity index is 473. The molecular weight excluding hydrogens is 329 g/mol. The van der Waals surface area contributed by atoms with Gasteiger partial charge in [0.2, 0.25) is 0 Å². The molecule has 1 aliphatic carbocycles. The van der Waals surface area contributed by atoms with Crippen LogP contribution < -0.4 is 4.74 Å². The van der Waals surface area contributed by atoms with E-state index in [1.165, 1.54) is 0 Å². The molecule has 0 aromatic heterocycles. The number of rotatable bonds is 3. The summed E-state index contributed by atoms with van der Waals surface area (Å²) in [6.07, 6.45) is 2.18. The van der Waals surface area contributed by atoms with Gasteiger partial charge >= 0.3 is 5.97 Å². The van der Waals surface area contributed by atoms with Crippen molar-refractivity contribution in [3.05, 3.63) is 36.2 Å². The smallest absolute Gasteiger partial charge is 0.306 e. The zero-order valence-electron chi connectivity index (χ0n) is 12.1. The summed E-state index contributed by atoms with van der Waals surface area (Å²) in [7, 11) is 1.64. The van der Waals surface area contributed by atoms with Gasteiger partial charge in [0.05, 0.1) is 13.0 Å². The largest absolute Gasteiger partial charge is 0.554 e. The Morgan fingerprint density at radius 2 is 2.20 bits per heavy atom. The number of hydrogen-bond acceptors (Lipinski definition) is 2. The number of carbonyl (C=O) groups is 1. The monoisotopic (exact) mass is 349 g/mol. The average molecular weight is 349 g/mol. The van der Waals surface area contributed by atoms with Crippen LogP contribution in [0.5, 0.6) is 5.75 Å². The van der Waals surface area contributed by atoms with Crippen LogP contribution in [0.4, 0.5) is 0 Å². The summed E-state index contributed by atoms with van der Waals surface area (Å²) in [5, 5.41) is 9.20. The van der Waals surface area contributed by atoms with E-state index in [1.54, 1.807) is 7.11 Å². The molecule has 107 valence electrons. The van der Waals surface area contributed by atoms with E-state index in [1.807, 2.05) is 19.1 Å². The number of benzene rings is 1. The number of aliphatic carboxylic acids is 1. The van der Waals surface area contributed by atoms with Gasteiger partial charge in [-0.2, -0.15) is 23.6 Å². The van der Waals surface area contributed by atoms with Crippen LogP contribution in [0.1, 0.15) is 36.3 Å². The molecule has 0 amide bonds. The van der Waals surface area contributed by atoms with Crippen molar-refractivity contribution in [3.63, 3.8) is 0 Å². The molecule has 1 fully saturated rings. The van der Waals surface area contributed by atoms with E-state index in [0.29, 0.717) is 12.8 Å². The number of hydrogen-bond donors (Lipinski definition) is 1. The van der Waals surface area contributed by atoms with Crippen molar-refractivity contribution in [1.82, 2.24) is 0 Å². The first-order valence-corrected chi connectivity index (χ1v) is 6.65. The van der Waals surface area contributed by atoms with Crippen molar-refractivity contribution in [2.75, 3.05) is 7.11 Å². The molecule has 1 N–H and O–H groups in total. The number of carboxylic acid groups (broad SMARTS) is 1. The molecular formula is C16H20O3Y-2. The summed E-state index contributed by atoms with van der Waals surface area (Å²) in [5.41, 5.74) is 2.06. The van der Waals surface area contributed by atoms with Crippen molar-refractivity contribution in [1.29, 1.82) is 0 Å². The quantitative estimate of drug-likeness (QED) is 0.853. The fourth-order valence-corrected chi connectivity index (χ4v) is 2.86. The molecule has 20 heavy (non-hydrogen) atoms. The van der Waals surface area contributed by atoms with Gasteiger partial charge in [-0.25, -0.2) is 0 Å². The van der Waals surface area contributed by atoms with Crippen LogP contribution in [-0.2, 0) is 37.5 Å². The second kappa shape index (κ2) is 7.56. The van der Waals surface area contributed by atoms with Crippen LogP contribution in [0.3, 0.4) is 0 Å². The van der Waals surface area contributed by atoms with Crippen LogP contribution in [-0.4, -0.2) is 18.2 Å². The van der Waals surface area contributed by atoms with Gasteiger partial charge in [0.25, 0.3) is 0 Å². The maximum atomic E-state index is 11.2. The maximum absolute atomic E-state index is 11.2. The van der Waals surface area contributed by atoms with Gasteiger partial charge in [0, 0.05) is 38.5 Å². The number of methoxy groups -OCH3 is 1. The molecule has 0 aliphatic heterocycles. The Labute approximate surface area is 146 Å². The molecule has 2 rings (SSSR count). The first-order valence-electron chi connectivity index (χ1n) is 6.65. The minimum Gasteiger partial charge on any atom is -0.554 e. The maximum Gasteiger partial charge on any atom is 0.306 e. The molecule has 1 aliphatic rings. The van der Waals surface area contributed by atoms with Crippen LogP contribution >= 0.6 is 0 Å². The van der Waals surface area contributed by atoms with E-state index < -0.39 is 5.97 Å². The molecule has 4 heteroatoms. The minimum absolute atomic E-state index is 0. The van der Waals surface area contributed by atoms with Crippen molar-refractivity contribution in [2.45, 2.75) is 32.1 Å². The average Bonchev–Trinajstić information content (AvgIpc) is 2.39. The first-order chi connectivity index (χ1) is 9.02. The third-order valence-electron chi connectivity index (χ3n) is 4.01. The number of ether oxygens (including phenoxy) is 1. The second-order valence-electron chi connectivity index (χ2n) is 5.37. The molecule has 3 atom stereocenters. The van der Waals surface area contributed by atoms with Crippen molar-refractivity contribution in [2.24, 2.45) is 11.8 Å². The van der Waals surface area contributed by atoms with Gasteiger partial charge in [-0.05, 0) is 12.8 Å². The molecule has 3 nitrogen and oxygen atoms in total. The van der Waals surface area contributed by atoms with E-state index in [-0.39, 0.29) is 50.5 Å². The standard InChI is InChI=1S/C16H20O3.Y/c1-10-4-7-13(15(8-10)19-3)14-9-12(16(17)18)6-5-11(14)2;/h4,8,11-12,14H,2,5-6,9H2,1,3H3,(H,17,18);/q-2;. The summed E-state index contributed by atoms with van der Waals surface area (Å²) in [5.74, 6) is 0.156. The molecule has 0 bridgehead atoms. The molecule has 1 saturated carbocycles. The van der Waals surface area contributed by atoms with Crippen LogP contribution in [0.2, 0.25) is 0 Å². The third-order valence-corrected chi connectivity index (χ3v) is 4.01. The number of aryl methyl sites for hydroxylation is 1. The van der Waals surface area contributed by atoms with Gasteiger partial charge < -0.3 is 16.8 Å². The topological polar surface area (TPSA) is 46.5 Å². The fraction of sp³-hybridized carbons (Fsp3) is 0.500. The summed E-state index contributed by atoms with van der Waals surface area (Å²) in [6, 6.07) is 7.16. The van der Waals surface area contributed by atoms with Crippen LogP contribution in [0.25, 0.3) is 0 Å². The molecule has 1 aromatic rings. The van der Waals surface area contributed by atoms with Gasteiger partial charge in [0.15, 0.2) is 0 Å². The second-order valence-corrected chi connectivity index (χ2v) is 5.37. The molecule has 0 spiro atoms. The zero-order chi connectivity index (χ0) is 14.0. The predicted octanol–water partition coefficient (Wildman–Crippen LogP) is 3.22. The molecule has 0 heterocycles. The van der Waals surface area contributed by atoms with E-state index in [4.69, 9.17) is 4.74 Å². The van der Waals surface area contributed by atoms with Crippen LogP contribution in [0.15, 0.2) is 12.1 Å². The van der Waals surface area contributed by atoms with Gasteiger partial charge in [0.1, 0.15) is 0 Å². The van der Waals surface area contributed by atoms with Crippen molar-refractivity contribution in [3.8, 4) is 5.75 Å². The van der Waals surface area contributed by atoms with Crippen molar-refractivity contribution >= 4 is 5.97 Å². The van der Waals surface area contributed by atoms with Gasteiger partial charge in [-0.15, -0.1) is 11.6 Å². The molecule has 1 aromatic carbocycles. The van der Waals surface area contributed by atoms with Gasteiger partial charge in [-0.1, -0.05) is 19.3 Å². The summed E-state index contributed by atoms with van der Waals surface area (Å²) < 4.78 is 5.42. The zero-order valence-corrected chi connectivity index (χ0v) is 14.9. The van der Waals surface area contributed by atoms with E-state index in [0.717, 1.165) is 23.3 Å². The molecule has 0 saturated heterocycles. The molecule has 3 unspecified atom stereocenters. The Morgan fingerprint density at radius 3 is 2.80 bits per heavy atom. The summed E-state index contributed by atoms with van der Waals surface area (Å²) in [6.45, 7) is 6.17. The Balaban J connectivity index is 0.00000200. The van der Waals surface area contributed by atoms with E-state index >= 15 is 0 Å². The fourth-order valence-electron chi connectivity index (χ4n) is 2.86. The number of carboxylic acids is 1. The predicted molar refractivity (Wildman–Crippen MR) is 73.1 cm³/mol. The SMILES string of the molecule is [CH2-]C1CCC(C(=O)O)CC1c1[c-]cc(C)cc1OC.[Y]. The van der Waals surface area contributed by atoms with Gasteiger partial charge in [-0.3, -0.25) is 4.79 Å². The summed E-state index contributed by atoms with van der Waals surface area (Å²) in [4.78, 5) is 11.2. The Morgan fingerprint density at radius 1 is 1.50 bits per heavy atom. The van der Waals surface area contributed by atoms with E-state index in [2.05, 4.69) is 13.0 Å². The molecule has 1 radical (unpaired) electrons. The normalized spacial score (nSPS) is 25.6. The summed E-state index contributed by atoms with van der Waals surface area (Å²) >= 11 is 0. The minimum atomic E-state index is -0.706. The van der Waals surface area contributed by atoms with Crippen molar-refractivity contribution < 1.29 is 47.3 Å². The van der Waals surface area contributed by atoms with E-state index in [9.17, 15) is 9.90 Å².